The molecule has 0 spiro atoms. The number of anilines is 2. The van der Waals surface area contributed by atoms with E-state index in [-0.39, 0.29) is 0 Å². The van der Waals surface area contributed by atoms with Gasteiger partial charge in [0.1, 0.15) is 6.33 Å². The van der Waals surface area contributed by atoms with Gasteiger partial charge in [0, 0.05) is 25.5 Å². The Hall–Kier alpha value is -2.50. The van der Waals surface area contributed by atoms with Crippen LogP contribution in [0.25, 0.3) is 0 Å². The Labute approximate surface area is 124 Å². The minimum absolute atomic E-state index is 0.512. The number of aromatic nitrogens is 2. The van der Waals surface area contributed by atoms with Gasteiger partial charge in [-0.1, -0.05) is 6.07 Å². The summed E-state index contributed by atoms with van der Waals surface area (Å²) >= 11 is 0. The molecule has 21 heavy (non-hydrogen) atoms. The van der Waals surface area contributed by atoms with Crippen LogP contribution in [0.4, 0.5) is 11.4 Å². The van der Waals surface area contributed by atoms with Gasteiger partial charge < -0.3 is 19.7 Å². The van der Waals surface area contributed by atoms with Crippen molar-refractivity contribution in [2.75, 3.05) is 38.5 Å². The average Bonchev–Trinajstić information content (AvgIpc) is 2.52. The van der Waals surface area contributed by atoms with E-state index < -0.39 is 0 Å². The Kier molecular flexibility index (Phi) is 4.81. The zero-order chi connectivity index (χ0) is 15.2. The summed E-state index contributed by atoms with van der Waals surface area (Å²) in [4.78, 5) is 10.3. The van der Waals surface area contributed by atoms with Gasteiger partial charge in [0.2, 0.25) is 11.8 Å². The Morgan fingerprint density at radius 3 is 2.33 bits per heavy atom. The zero-order valence-electron chi connectivity index (χ0n) is 12.8. The number of nitrogens with one attached hydrogen (secondary N) is 1. The summed E-state index contributed by atoms with van der Waals surface area (Å²) in [5.41, 5.74) is 2.93. The van der Waals surface area contributed by atoms with Gasteiger partial charge in [-0.25, -0.2) is 9.97 Å². The second-order valence-corrected chi connectivity index (χ2v) is 4.67. The van der Waals surface area contributed by atoms with Crippen LogP contribution in [0.3, 0.4) is 0 Å². The normalized spacial score (nSPS) is 10.1. The molecule has 0 bridgehead atoms. The van der Waals surface area contributed by atoms with E-state index in [1.165, 1.54) is 6.33 Å². The third kappa shape index (κ3) is 3.53. The summed E-state index contributed by atoms with van der Waals surface area (Å²) in [5, 5.41) is 3.34. The molecule has 1 N–H and O–H groups in total. The van der Waals surface area contributed by atoms with E-state index in [9.17, 15) is 0 Å². The van der Waals surface area contributed by atoms with Crippen molar-refractivity contribution in [2.24, 2.45) is 0 Å². The number of ether oxygens (including phenoxy) is 2. The lowest BCUT2D eigenvalue weighted by molar-refractivity contribution is 0.363. The highest BCUT2D eigenvalue weighted by atomic mass is 16.5. The number of nitrogens with zero attached hydrogens (tertiary/aromatic N) is 3. The molecular formula is C15H20N4O2. The Balaban J connectivity index is 2.18. The highest BCUT2D eigenvalue weighted by molar-refractivity contribution is 5.57. The molecule has 0 saturated heterocycles. The van der Waals surface area contributed by atoms with Gasteiger partial charge in [-0.05, 0) is 18.2 Å². The van der Waals surface area contributed by atoms with Crippen LogP contribution in [0.2, 0.25) is 0 Å². The van der Waals surface area contributed by atoms with E-state index in [1.807, 2.05) is 26.2 Å². The molecule has 0 saturated carbocycles. The number of benzene rings is 1. The van der Waals surface area contributed by atoms with E-state index in [2.05, 4.69) is 32.3 Å². The molecule has 0 radical (unpaired) electrons. The molecule has 0 fully saturated rings. The van der Waals surface area contributed by atoms with Crippen molar-refractivity contribution >= 4 is 11.4 Å². The summed E-state index contributed by atoms with van der Waals surface area (Å²) in [6.45, 7) is 0.518. The molecule has 2 aromatic rings. The first-order valence-corrected chi connectivity index (χ1v) is 6.58. The van der Waals surface area contributed by atoms with E-state index in [4.69, 9.17) is 9.47 Å². The van der Waals surface area contributed by atoms with E-state index in [0.717, 1.165) is 16.9 Å². The second kappa shape index (κ2) is 6.78. The smallest absolute Gasteiger partial charge is 0.225 e. The van der Waals surface area contributed by atoms with Gasteiger partial charge in [0.05, 0.1) is 26.3 Å². The van der Waals surface area contributed by atoms with Gasteiger partial charge in [-0.3, -0.25) is 0 Å². The molecule has 0 aliphatic carbocycles. The monoisotopic (exact) mass is 288 g/mol. The molecule has 6 nitrogen and oxygen atoms in total. The van der Waals surface area contributed by atoms with Crippen LogP contribution in [0.15, 0.2) is 30.6 Å². The van der Waals surface area contributed by atoms with Crippen LogP contribution in [0.1, 0.15) is 5.56 Å². The number of hydrogen-bond donors (Lipinski definition) is 1. The first-order chi connectivity index (χ1) is 10.2. The van der Waals surface area contributed by atoms with Crippen LogP contribution >= 0.6 is 0 Å². The summed E-state index contributed by atoms with van der Waals surface area (Å²) < 4.78 is 10.5. The molecule has 1 aromatic heterocycles. The minimum Gasteiger partial charge on any atom is -0.481 e. The lowest BCUT2D eigenvalue weighted by atomic mass is 10.2. The lowest BCUT2D eigenvalue weighted by Gasteiger charge is -2.15. The quantitative estimate of drug-likeness (QED) is 0.879. The molecule has 1 heterocycles. The summed E-state index contributed by atoms with van der Waals surface area (Å²) in [7, 11) is 7.18. The predicted molar refractivity (Wildman–Crippen MR) is 83.2 cm³/mol. The number of hydrogen-bond acceptors (Lipinski definition) is 6. The largest absolute Gasteiger partial charge is 0.481 e. The summed E-state index contributed by atoms with van der Waals surface area (Å²) in [6.07, 6.45) is 1.42. The third-order valence-corrected chi connectivity index (χ3v) is 3.08. The van der Waals surface area contributed by atoms with E-state index in [1.54, 1.807) is 14.2 Å². The average molecular weight is 288 g/mol. The Morgan fingerprint density at radius 2 is 1.76 bits per heavy atom. The minimum atomic E-state index is 0.512. The molecule has 0 atom stereocenters. The van der Waals surface area contributed by atoms with Gasteiger partial charge in [0.15, 0.2) is 0 Å². The molecular weight excluding hydrogens is 268 g/mol. The Bertz CT molecular complexity index is 580. The van der Waals surface area contributed by atoms with Gasteiger partial charge in [-0.15, -0.1) is 0 Å². The van der Waals surface area contributed by atoms with Gasteiger partial charge in [-0.2, -0.15) is 0 Å². The van der Waals surface area contributed by atoms with Gasteiger partial charge >= 0.3 is 0 Å². The third-order valence-electron chi connectivity index (χ3n) is 3.08. The van der Waals surface area contributed by atoms with Crippen molar-refractivity contribution in [1.82, 2.24) is 9.97 Å². The molecule has 1 aromatic carbocycles. The first kappa shape index (κ1) is 14.9. The maximum Gasteiger partial charge on any atom is 0.225 e. The molecule has 2 rings (SSSR count). The fourth-order valence-electron chi connectivity index (χ4n) is 1.97. The van der Waals surface area contributed by atoms with Crippen molar-refractivity contribution in [3.05, 3.63) is 36.2 Å². The molecule has 6 heteroatoms. The fraction of sp³-hybridized carbons (Fsp3) is 0.333. The predicted octanol–water partition coefficient (Wildman–Crippen LogP) is 2.17. The van der Waals surface area contributed by atoms with Gasteiger partial charge in [0.25, 0.3) is 0 Å². The van der Waals surface area contributed by atoms with Crippen molar-refractivity contribution in [1.29, 1.82) is 0 Å². The molecule has 0 amide bonds. The van der Waals surface area contributed by atoms with Crippen molar-refractivity contribution in [3.63, 3.8) is 0 Å². The van der Waals surface area contributed by atoms with Crippen molar-refractivity contribution in [3.8, 4) is 11.8 Å². The van der Waals surface area contributed by atoms with Crippen molar-refractivity contribution < 1.29 is 9.47 Å². The topological polar surface area (TPSA) is 59.5 Å². The van der Waals surface area contributed by atoms with E-state index >= 15 is 0 Å². The highest BCUT2D eigenvalue weighted by Gasteiger charge is 2.12. The summed E-state index contributed by atoms with van der Waals surface area (Å²) in [6, 6.07) is 8.14. The SMILES string of the molecule is COc1ncnc(OC)c1CNc1cccc(N(C)C)c1. The number of methoxy groups -OCH3 is 2. The lowest BCUT2D eigenvalue weighted by Crippen LogP contribution is -2.10. The van der Waals surface area contributed by atoms with Crippen LogP contribution in [-0.4, -0.2) is 38.3 Å². The maximum atomic E-state index is 5.26. The molecule has 0 unspecified atom stereocenters. The van der Waals surface area contributed by atoms with Crippen molar-refractivity contribution in [2.45, 2.75) is 6.54 Å². The first-order valence-electron chi connectivity index (χ1n) is 6.58. The Morgan fingerprint density at radius 1 is 1.10 bits per heavy atom. The zero-order valence-corrected chi connectivity index (χ0v) is 12.8. The van der Waals surface area contributed by atoms with Crippen LogP contribution in [-0.2, 0) is 6.54 Å². The molecule has 0 aliphatic heterocycles. The van der Waals surface area contributed by atoms with Crippen LogP contribution < -0.4 is 19.7 Å². The maximum absolute atomic E-state index is 5.26. The summed E-state index contributed by atoms with van der Waals surface area (Å²) in [5.74, 6) is 1.02. The highest BCUT2D eigenvalue weighted by Crippen LogP contribution is 2.25. The van der Waals surface area contributed by atoms with Crippen LogP contribution in [0, 0.1) is 0 Å². The standard InChI is InChI=1S/C15H20N4O2/c1-19(2)12-7-5-6-11(8-12)16-9-13-14(20-3)17-10-18-15(13)21-4/h5-8,10,16H,9H2,1-4H3. The van der Waals surface area contributed by atoms with Crippen LogP contribution in [0.5, 0.6) is 11.8 Å². The second-order valence-electron chi connectivity index (χ2n) is 4.67. The van der Waals surface area contributed by atoms with E-state index in [0.29, 0.717) is 18.3 Å². The molecule has 112 valence electrons. The number of rotatable bonds is 6. The molecule has 0 aliphatic rings. The fourth-order valence-corrected chi connectivity index (χ4v) is 1.97.